The molecule has 2 aromatic carbocycles. The SMILES string of the molecule is CCNC(=NCc1ccccc1CN(CC)CC)Nc1ccc(OC)c(OC)c1.I. The molecule has 0 amide bonds. The normalized spacial score (nSPS) is 11.1. The summed E-state index contributed by atoms with van der Waals surface area (Å²) in [6.45, 7) is 10.9. The van der Waals surface area contributed by atoms with Crippen LogP contribution in [-0.2, 0) is 13.1 Å². The lowest BCUT2D eigenvalue weighted by Crippen LogP contribution is -2.30. The number of hydrogen-bond donors (Lipinski definition) is 2. The van der Waals surface area contributed by atoms with Gasteiger partial charge in [-0.05, 0) is 43.3 Å². The molecule has 7 heteroatoms. The molecule has 166 valence electrons. The van der Waals surface area contributed by atoms with Gasteiger partial charge < -0.3 is 20.1 Å². The summed E-state index contributed by atoms with van der Waals surface area (Å²) in [7, 11) is 3.26. The Morgan fingerprint density at radius 3 is 2.20 bits per heavy atom. The van der Waals surface area contributed by atoms with Crippen LogP contribution >= 0.6 is 24.0 Å². The molecule has 0 aliphatic heterocycles. The molecule has 0 bridgehead atoms. The van der Waals surface area contributed by atoms with Gasteiger partial charge in [0.25, 0.3) is 0 Å². The summed E-state index contributed by atoms with van der Waals surface area (Å²) in [5.74, 6) is 2.11. The van der Waals surface area contributed by atoms with Crippen LogP contribution in [0, 0.1) is 0 Å². The van der Waals surface area contributed by atoms with Crippen LogP contribution in [0.4, 0.5) is 5.69 Å². The number of ether oxygens (including phenoxy) is 2. The Hall–Kier alpha value is -2.00. The van der Waals surface area contributed by atoms with Gasteiger partial charge in [0.15, 0.2) is 17.5 Å². The zero-order valence-corrected chi connectivity index (χ0v) is 21.0. The Balaban J connectivity index is 0.00000450. The molecule has 0 atom stereocenters. The number of nitrogens with zero attached hydrogens (tertiary/aromatic N) is 2. The summed E-state index contributed by atoms with van der Waals surface area (Å²) in [6.07, 6.45) is 0. The maximum absolute atomic E-state index is 5.39. The van der Waals surface area contributed by atoms with E-state index in [2.05, 4.69) is 60.6 Å². The van der Waals surface area contributed by atoms with Crippen molar-refractivity contribution < 1.29 is 9.47 Å². The molecule has 0 aliphatic carbocycles. The molecule has 0 saturated carbocycles. The Kier molecular flexibility index (Phi) is 12.2. The highest BCUT2D eigenvalue weighted by Crippen LogP contribution is 2.29. The van der Waals surface area contributed by atoms with Crippen molar-refractivity contribution >= 4 is 35.6 Å². The summed E-state index contributed by atoms with van der Waals surface area (Å²) in [5, 5.41) is 6.66. The van der Waals surface area contributed by atoms with Crippen LogP contribution in [0.5, 0.6) is 11.5 Å². The van der Waals surface area contributed by atoms with Crippen molar-refractivity contribution in [2.24, 2.45) is 4.99 Å². The van der Waals surface area contributed by atoms with Crippen LogP contribution in [0.25, 0.3) is 0 Å². The first-order valence-corrected chi connectivity index (χ1v) is 10.2. The molecule has 2 N–H and O–H groups in total. The number of benzene rings is 2. The van der Waals surface area contributed by atoms with Gasteiger partial charge in [0, 0.05) is 24.8 Å². The fourth-order valence-electron chi connectivity index (χ4n) is 3.08. The minimum absolute atomic E-state index is 0. The third-order valence-electron chi connectivity index (χ3n) is 4.80. The van der Waals surface area contributed by atoms with E-state index < -0.39 is 0 Å². The molecule has 2 rings (SSSR count). The van der Waals surface area contributed by atoms with E-state index >= 15 is 0 Å². The van der Waals surface area contributed by atoms with Crippen LogP contribution in [0.15, 0.2) is 47.5 Å². The first-order valence-electron chi connectivity index (χ1n) is 10.2. The quantitative estimate of drug-likeness (QED) is 0.266. The van der Waals surface area contributed by atoms with E-state index in [4.69, 9.17) is 14.5 Å². The maximum atomic E-state index is 5.39. The average molecular weight is 526 g/mol. The maximum Gasteiger partial charge on any atom is 0.196 e. The summed E-state index contributed by atoms with van der Waals surface area (Å²) in [6, 6.07) is 14.2. The molecule has 0 radical (unpaired) electrons. The second kappa shape index (κ2) is 14.1. The Labute approximate surface area is 198 Å². The van der Waals surface area contributed by atoms with E-state index in [9.17, 15) is 0 Å². The van der Waals surface area contributed by atoms with Gasteiger partial charge in [-0.25, -0.2) is 4.99 Å². The molecule has 30 heavy (non-hydrogen) atoms. The van der Waals surface area contributed by atoms with E-state index in [0.29, 0.717) is 18.0 Å². The van der Waals surface area contributed by atoms with Gasteiger partial charge in [0.1, 0.15) is 0 Å². The van der Waals surface area contributed by atoms with Crippen LogP contribution in [-0.4, -0.2) is 44.7 Å². The standard InChI is InChI=1S/C23H34N4O2.HI/c1-6-24-23(26-20-13-14-21(28-4)22(15-20)29-5)25-16-18-11-9-10-12-19(18)17-27(7-2)8-3;/h9-15H,6-8,16-17H2,1-5H3,(H2,24,25,26);1H. The first kappa shape index (κ1) is 26.0. The third-order valence-corrected chi connectivity index (χ3v) is 4.80. The van der Waals surface area contributed by atoms with Gasteiger partial charge in [0.2, 0.25) is 0 Å². The number of hydrogen-bond acceptors (Lipinski definition) is 4. The third kappa shape index (κ3) is 7.68. The van der Waals surface area contributed by atoms with Crippen LogP contribution in [0.2, 0.25) is 0 Å². The number of rotatable bonds is 10. The van der Waals surface area contributed by atoms with E-state index in [-0.39, 0.29) is 24.0 Å². The minimum atomic E-state index is 0. The van der Waals surface area contributed by atoms with Gasteiger partial charge in [-0.1, -0.05) is 38.1 Å². The number of anilines is 1. The molecular weight excluding hydrogens is 491 g/mol. The molecule has 0 aliphatic rings. The largest absolute Gasteiger partial charge is 0.493 e. The zero-order valence-electron chi connectivity index (χ0n) is 18.7. The van der Waals surface area contributed by atoms with Crippen molar-refractivity contribution in [3.05, 3.63) is 53.6 Å². The van der Waals surface area contributed by atoms with Crippen LogP contribution in [0.1, 0.15) is 31.9 Å². The van der Waals surface area contributed by atoms with Crippen molar-refractivity contribution in [2.45, 2.75) is 33.9 Å². The van der Waals surface area contributed by atoms with Gasteiger partial charge in [-0.3, -0.25) is 4.90 Å². The molecule has 0 aromatic heterocycles. The number of aliphatic imine (C=N–C) groups is 1. The molecule has 2 aromatic rings. The molecule has 0 saturated heterocycles. The molecule has 0 fully saturated rings. The predicted molar refractivity (Wildman–Crippen MR) is 136 cm³/mol. The predicted octanol–water partition coefficient (Wildman–Crippen LogP) is 4.74. The Morgan fingerprint density at radius 1 is 0.933 bits per heavy atom. The molecule has 6 nitrogen and oxygen atoms in total. The highest BCUT2D eigenvalue weighted by molar-refractivity contribution is 14.0. The van der Waals surface area contributed by atoms with E-state index in [1.807, 2.05) is 18.2 Å². The molecule has 0 unspecified atom stereocenters. The average Bonchev–Trinajstić information content (AvgIpc) is 2.76. The fourth-order valence-corrected chi connectivity index (χ4v) is 3.08. The number of guanidine groups is 1. The Bertz CT molecular complexity index is 795. The summed E-state index contributed by atoms with van der Waals surface area (Å²) in [5.41, 5.74) is 3.45. The van der Waals surface area contributed by atoms with Crippen LogP contribution in [0.3, 0.4) is 0 Å². The lowest BCUT2D eigenvalue weighted by atomic mass is 10.1. The number of halogens is 1. The number of nitrogens with one attached hydrogen (secondary N) is 2. The smallest absolute Gasteiger partial charge is 0.196 e. The first-order chi connectivity index (χ1) is 14.1. The van der Waals surface area contributed by atoms with Crippen molar-refractivity contribution in [3.63, 3.8) is 0 Å². The molecule has 0 heterocycles. The summed E-state index contributed by atoms with van der Waals surface area (Å²) >= 11 is 0. The van der Waals surface area contributed by atoms with Gasteiger partial charge in [-0.15, -0.1) is 24.0 Å². The fraction of sp³-hybridized carbons (Fsp3) is 0.435. The monoisotopic (exact) mass is 526 g/mol. The van der Waals surface area contributed by atoms with Crippen molar-refractivity contribution in [1.29, 1.82) is 0 Å². The van der Waals surface area contributed by atoms with Gasteiger partial charge >= 0.3 is 0 Å². The highest BCUT2D eigenvalue weighted by atomic mass is 127. The topological polar surface area (TPSA) is 58.1 Å². The highest BCUT2D eigenvalue weighted by Gasteiger charge is 2.08. The van der Waals surface area contributed by atoms with Crippen molar-refractivity contribution in [1.82, 2.24) is 10.2 Å². The lowest BCUT2D eigenvalue weighted by Gasteiger charge is -2.20. The van der Waals surface area contributed by atoms with Gasteiger partial charge in [-0.2, -0.15) is 0 Å². The second-order valence-corrected chi connectivity index (χ2v) is 6.62. The molecular formula is C23H35IN4O2. The van der Waals surface area contributed by atoms with E-state index in [1.165, 1.54) is 11.1 Å². The number of methoxy groups -OCH3 is 2. The van der Waals surface area contributed by atoms with E-state index in [1.54, 1.807) is 14.2 Å². The summed E-state index contributed by atoms with van der Waals surface area (Å²) < 4.78 is 10.7. The van der Waals surface area contributed by atoms with E-state index in [0.717, 1.165) is 37.8 Å². The van der Waals surface area contributed by atoms with Crippen molar-refractivity contribution in [3.8, 4) is 11.5 Å². The Morgan fingerprint density at radius 2 is 1.60 bits per heavy atom. The minimum Gasteiger partial charge on any atom is -0.493 e. The van der Waals surface area contributed by atoms with Gasteiger partial charge in [0.05, 0.1) is 20.8 Å². The van der Waals surface area contributed by atoms with Crippen LogP contribution < -0.4 is 20.1 Å². The lowest BCUT2D eigenvalue weighted by molar-refractivity contribution is 0.295. The zero-order chi connectivity index (χ0) is 21.1. The summed E-state index contributed by atoms with van der Waals surface area (Å²) in [4.78, 5) is 7.21. The second-order valence-electron chi connectivity index (χ2n) is 6.62. The molecule has 0 spiro atoms. The van der Waals surface area contributed by atoms with Crippen molar-refractivity contribution in [2.75, 3.05) is 39.2 Å².